The van der Waals surface area contributed by atoms with Gasteiger partial charge in [0.25, 0.3) is 0 Å². The zero-order valence-electron chi connectivity index (χ0n) is 11.0. The molecule has 1 aromatic rings. The minimum Gasteiger partial charge on any atom is -0.384 e. The van der Waals surface area contributed by atoms with Crippen LogP contribution in [0.4, 0.5) is 5.69 Å². The standard InChI is InChI=1S/C13H20ClNO2S/c1-4-18(16,17)12-7-5-11(6-8-12)15-10-13(2,3)9-14/h5-8,15H,4,9-10H2,1-3H3. The molecule has 1 rings (SSSR count). The van der Waals surface area contributed by atoms with Crippen LogP contribution in [0, 0.1) is 5.41 Å². The Kier molecular flexibility index (Phi) is 5.05. The number of nitrogens with one attached hydrogen (secondary N) is 1. The molecule has 0 unspecified atom stereocenters. The largest absolute Gasteiger partial charge is 0.384 e. The van der Waals surface area contributed by atoms with Crippen molar-refractivity contribution < 1.29 is 8.42 Å². The van der Waals surface area contributed by atoms with Crippen LogP contribution in [-0.4, -0.2) is 26.6 Å². The normalized spacial score (nSPS) is 12.4. The van der Waals surface area contributed by atoms with Gasteiger partial charge in [0.1, 0.15) is 0 Å². The van der Waals surface area contributed by atoms with Crippen molar-refractivity contribution in [1.82, 2.24) is 0 Å². The van der Waals surface area contributed by atoms with Crippen LogP contribution < -0.4 is 5.32 Å². The number of halogens is 1. The van der Waals surface area contributed by atoms with Crippen LogP contribution in [0.5, 0.6) is 0 Å². The van der Waals surface area contributed by atoms with E-state index < -0.39 is 9.84 Å². The minimum absolute atomic E-state index is 0.00964. The summed E-state index contributed by atoms with van der Waals surface area (Å²) < 4.78 is 23.3. The smallest absolute Gasteiger partial charge is 0.178 e. The van der Waals surface area contributed by atoms with Gasteiger partial charge < -0.3 is 5.32 Å². The van der Waals surface area contributed by atoms with E-state index in [1.54, 1.807) is 31.2 Å². The molecule has 0 radical (unpaired) electrons. The van der Waals surface area contributed by atoms with Crippen molar-refractivity contribution in [2.75, 3.05) is 23.5 Å². The van der Waals surface area contributed by atoms with E-state index in [2.05, 4.69) is 19.2 Å². The number of rotatable bonds is 6. The van der Waals surface area contributed by atoms with E-state index in [1.165, 1.54) is 0 Å². The molecule has 3 nitrogen and oxygen atoms in total. The van der Waals surface area contributed by atoms with Crippen LogP contribution >= 0.6 is 11.6 Å². The van der Waals surface area contributed by atoms with Crippen molar-refractivity contribution >= 4 is 27.1 Å². The van der Waals surface area contributed by atoms with Crippen molar-refractivity contribution in [3.05, 3.63) is 24.3 Å². The molecule has 0 amide bonds. The summed E-state index contributed by atoms with van der Waals surface area (Å²) in [7, 11) is -3.11. The van der Waals surface area contributed by atoms with Crippen LogP contribution in [0.25, 0.3) is 0 Å². The fourth-order valence-corrected chi connectivity index (χ4v) is 2.31. The Morgan fingerprint density at radius 2 is 1.78 bits per heavy atom. The van der Waals surface area contributed by atoms with Crippen molar-refractivity contribution in [3.63, 3.8) is 0 Å². The molecule has 0 saturated heterocycles. The first-order valence-electron chi connectivity index (χ1n) is 5.93. The minimum atomic E-state index is -3.11. The van der Waals surface area contributed by atoms with E-state index in [1.807, 2.05) is 0 Å². The van der Waals surface area contributed by atoms with Crippen LogP contribution in [0.15, 0.2) is 29.2 Å². The molecule has 0 heterocycles. The zero-order valence-corrected chi connectivity index (χ0v) is 12.6. The molecule has 0 aliphatic heterocycles. The first-order chi connectivity index (χ1) is 8.30. The maximum absolute atomic E-state index is 11.6. The summed E-state index contributed by atoms with van der Waals surface area (Å²) in [6.07, 6.45) is 0. The summed E-state index contributed by atoms with van der Waals surface area (Å²) >= 11 is 5.84. The first-order valence-corrected chi connectivity index (χ1v) is 8.12. The molecular formula is C13H20ClNO2S. The Morgan fingerprint density at radius 3 is 2.22 bits per heavy atom. The number of anilines is 1. The van der Waals surface area contributed by atoms with Crippen molar-refractivity contribution in [2.24, 2.45) is 5.41 Å². The number of alkyl halides is 1. The Bertz CT molecular complexity index is 480. The lowest BCUT2D eigenvalue weighted by atomic mass is 9.96. The Balaban J connectivity index is 2.73. The Morgan fingerprint density at radius 1 is 1.22 bits per heavy atom. The van der Waals surface area contributed by atoms with Crippen LogP contribution in [0.2, 0.25) is 0 Å². The second kappa shape index (κ2) is 5.93. The maximum atomic E-state index is 11.6. The number of hydrogen-bond donors (Lipinski definition) is 1. The summed E-state index contributed by atoms with van der Waals surface area (Å²) in [5.41, 5.74) is 0.915. The molecule has 0 fully saturated rings. The molecule has 0 spiro atoms. The van der Waals surface area contributed by atoms with E-state index in [-0.39, 0.29) is 11.2 Å². The van der Waals surface area contributed by atoms with Gasteiger partial charge in [0.2, 0.25) is 0 Å². The van der Waals surface area contributed by atoms with Crippen molar-refractivity contribution in [3.8, 4) is 0 Å². The van der Waals surface area contributed by atoms with E-state index in [0.29, 0.717) is 10.8 Å². The fourth-order valence-electron chi connectivity index (χ4n) is 1.34. The zero-order chi connectivity index (χ0) is 13.8. The van der Waals surface area contributed by atoms with E-state index >= 15 is 0 Å². The Hall–Kier alpha value is -0.740. The highest BCUT2D eigenvalue weighted by Crippen LogP contribution is 2.20. The van der Waals surface area contributed by atoms with Gasteiger partial charge in [-0.3, -0.25) is 0 Å². The molecule has 0 bridgehead atoms. The molecule has 0 aliphatic rings. The van der Waals surface area contributed by atoms with Gasteiger partial charge in [0.05, 0.1) is 10.6 Å². The summed E-state index contributed by atoms with van der Waals surface area (Å²) in [6, 6.07) is 6.84. The average molecular weight is 290 g/mol. The lowest BCUT2D eigenvalue weighted by Crippen LogP contribution is -2.24. The van der Waals surface area contributed by atoms with Crippen molar-refractivity contribution in [2.45, 2.75) is 25.7 Å². The summed E-state index contributed by atoms with van der Waals surface area (Å²) in [4.78, 5) is 0.368. The lowest BCUT2D eigenvalue weighted by Gasteiger charge is -2.22. The quantitative estimate of drug-likeness (QED) is 0.818. The lowest BCUT2D eigenvalue weighted by molar-refractivity contribution is 0.450. The molecule has 1 N–H and O–H groups in total. The van der Waals surface area contributed by atoms with Gasteiger partial charge in [-0.1, -0.05) is 20.8 Å². The van der Waals surface area contributed by atoms with Gasteiger partial charge in [-0.15, -0.1) is 11.6 Å². The number of sulfone groups is 1. The molecule has 102 valence electrons. The highest BCUT2D eigenvalue weighted by Gasteiger charge is 2.16. The van der Waals surface area contributed by atoms with Crippen LogP contribution in [-0.2, 0) is 9.84 Å². The van der Waals surface area contributed by atoms with E-state index in [0.717, 1.165) is 12.2 Å². The molecule has 18 heavy (non-hydrogen) atoms. The molecular weight excluding hydrogens is 270 g/mol. The van der Waals surface area contributed by atoms with Crippen LogP contribution in [0.3, 0.4) is 0 Å². The van der Waals surface area contributed by atoms with Gasteiger partial charge in [0.15, 0.2) is 9.84 Å². The number of benzene rings is 1. The summed E-state index contributed by atoms with van der Waals surface area (Å²) in [5, 5.41) is 3.25. The third-order valence-electron chi connectivity index (χ3n) is 2.73. The average Bonchev–Trinajstić information content (AvgIpc) is 2.37. The topological polar surface area (TPSA) is 46.2 Å². The van der Waals surface area contributed by atoms with Gasteiger partial charge in [0, 0.05) is 18.1 Å². The SMILES string of the molecule is CCS(=O)(=O)c1ccc(NCC(C)(C)CCl)cc1. The van der Waals surface area contributed by atoms with Crippen molar-refractivity contribution in [1.29, 1.82) is 0 Å². The molecule has 0 aromatic heterocycles. The predicted octanol–water partition coefficient (Wildman–Crippen LogP) is 3.16. The first kappa shape index (κ1) is 15.3. The molecule has 0 aliphatic carbocycles. The molecule has 0 saturated carbocycles. The van der Waals surface area contributed by atoms with E-state index in [4.69, 9.17) is 11.6 Å². The second-order valence-electron chi connectivity index (χ2n) is 5.08. The van der Waals surface area contributed by atoms with E-state index in [9.17, 15) is 8.42 Å². The third kappa shape index (κ3) is 4.18. The molecule has 5 heteroatoms. The Labute approximate surface area is 114 Å². The van der Waals surface area contributed by atoms with Crippen LogP contribution in [0.1, 0.15) is 20.8 Å². The fraction of sp³-hybridized carbons (Fsp3) is 0.538. The molecule has 1 aromatic carbocycles. The predicted molar refractivity (Wildman–Crippen MR) is 77.2 cm³/mol. The molecule has 0 atom stereocenters. The monoisotopic (exact) mass is 289 g/mol. The van der Waals surface area contributed by atoms with Gasteiger partial charge in [-0.2, -0.15) is 0 Å². The van der Waals surface area contributed by atoms with Gasteiger partial charge in [-0.05, 0) is 29.7 Å². The maximum Gasteiger partial charge on any atom is 0.178 e. The highest BCUT2D eigenvalue weighted by molar-refractivity contribution is 7.91. The summed E-state index contributed by atoms with van der Waals surface area (Å²) in [6.45, 7) is 6.53. The third-order valence-corrected chi connectivity index (χ3v) is 5.20. The number of hydrogen-bond acceptors (Lipinski definition) is 3. The second-order valence-corrected chi connectivity index (χ2v) is 7.62. The summed E-state index contributed by atoms with van der Waals surface area (Å²) in [5.74, 6) is 0.696. The highest BCUT2D eigenvalue weighted by atomic mass is 35.5. The van der Waals surface area contributed by atoms with Gasteiger partial charge >= 0.3 is 0 Å². The van der Waals surface area contributed by atoms with Gasteiger partial charge in [-0.25, -0.2) is 8.42 Å².